The second-order valence-corrected chi connectivity index (χ2v) is 4.50. The molecule has 1 aliphatic heterocycles. The van der Waals surface area contributed by atoms with Crippen LogP contribution in [0.4, 0.5) is 0 Å². The summed E-state index contributed by atoms with van der Waals surface area (Å²) in [6.07, 6.45) is 4.43. The standard InChI is InChI=1S/C17H13NO4/c19-17(9-7-13-4-2-1-3-5-13)22-18-11-14-6-8-15-16(10-14)21-12-20-15/h1-11H,12H2/b9-7+,18-11+. The lowest BCUT2D eigenvalue weighted by atomic mass is 10.2. The molecule has 0 unspecified atom stereocenters. The maximum absolute atomic E-state index is 11.5. The highest BCUT2D eigenvalue weighted by Gasteiger charge is 2.12. The fraction of sp³-hybridized carbons (Fsp3) is 0.0588. The van der Waals surface area contributed by atoms with Crippen LogP contribution in [0.25, 0.3) is 6.08 Å². The Morgan fingerprint density at radius 3 is 2.73 bits per heavy atom. The number of benzene rings is 2. The summed E-state index contributed by atoms with van der Waals surface area (Å²) in [4.78, 5) is 16.3. The summed E-state index contributed by atoms with van der Waals surface area (Å²) in [6.45, 7) is 0.217. The fourth-order valence-electron chi connectivity index (χ4n) is 1.89. The van der Waals surface area contributed by atoms with E-state index in [2.05, 4.69) is 5.16 Å². The first kappa shape index (κ1) is 13.9. The summed E-state index contributed by atoms with van der Waals surface area (Å²) in [5.41, 5.74) is 1.67. The number of oxime groups is 1. The summed E-state index contributed by atoms with van der Waals surface area (Å²) in [5.74, 6) is 0.806. The molecule has 0 radical (unpaired) electrons. The summed E-state index contributed by atoms with van der Waals surface area (Å²) in [5, 5.41) is 3.66. The van der Waals surface area contributed by atoms with E-state index in [-0.39, 0.29) is 6.79 Å². The van der Waals surface area contributed by atoms with Crippen molar-refractivity contribution in [1.29, 1.82) is 0 Å². The molecule has 0 aromatic heterocycles. The predicted octanol–water partition coefficient (Wildman–Crippen LogP) is 3.01. The second-order valence-electron chi connectivity index (χ2n) is 4.50. The Labute approximate surface area is 127 Å². The lowest BCUT2D eigenvalue weighted by Gasteiger charge is -1.97. The molecule has 1 aliphatic rings. The zero-order chi connectivity index (χ0) is 15.2. The molecule has 2 aromatic rings. The van der Waals surface area contributed by atoms with Gasteiger partial charge in [-0.3, -0.25) is 0 Å². The molecule has 0 atom stereocenters. The zero-order valence-corrected chi connectivity index (χ0v) is 11.6. The third-order valence-electron chi connectivity index (χ3n) is 2.95. The summed E-state index contributed by atoms with van der Waals surface area (Å²) < 4.78 is 10.5. The summed E-state index contributed by atoms with van der Waals surface area (Å²) in [7, 11) is 0. The van der Waals surface area contributed by atoms with Crippen LogP contribution in [0.5, 0.6) is 11.5 Å². The number of hydrogen-bond donors (Lipinski definition) is 0. The normalized spacial score (nSPS) is 12.9. The van der Waals surface area contributed by atoms with Crippen LogP contribution in [0.3, 0.4) is 0 Å². The molecule has 22 heavy (non-hydrogen) atoms. The Balaban J connectivity index is 1.55. The quantitative estimate of drug-likeness (QED) is 0.376. The van der Waals surface area contributed by atoms with Gasteiger partial charge in [-0.15, -0.1) is 0 Å². The molecule has 0 saturated carbocycles. The number of rotatable bonds is 4. The van der Waals surface area contributed by atoms with E-state index in [4.69, 9.17) is 14.3 Å². The topological polar surface area (TPSA) is 57.1 Å². The molecule has 0 saturated heterocycles. The van der Waals surface area contributed by atoms with Gasteiger partial charge in [0.25, 0.3) is 0 Å². The van der Waals surface area contributed by atoms with Crippen molar-refractivity contribution >= 4 is 18.3 Å². The van der Waals surface area contributed by atoms with Gasteiger partial charge in [-0.25, -0.2) is 4.79 Å². The average Bonchev–Trinajstić information content (AvgIpc) is 3.02. The van der Waals surface area contributed by atoms with Crippen LogP contribution in [0, 0.1) is 0 Å². The van der Waals surface area contributed by atoms with Gasteiger partial charge in [-0.2, -0.15) is 0 Å². The molecule has 1 heterocycles. The lowest BCUT2D eigenvalue weighted by Crippen LogP contribution is -1.94. The first-order chi connectivity index (χ1) is 10.8. The van der Waals surface area contributed by atoms with Crippen LogP contribution in [-0.2, 0) is 9.63 Å². The molecule has 0 N–H and O–H groups in total. The molecule has 0 bridgehead atoms. The van der Waals surface area contributed by atoms with E-state index in [1.54, 1.807) is 24.3 Å². The number of hydrogen-bond acceptors (Lipinski definition) is 5. The van der Waals surface area contributed by atoms with Crippen molar-refractivity contribution in [2.75, 3.05) is 6.79 Å². The largest absolute Gasteiger partial charge is 0.454 e. The Morgan fingerprint density at radius 1 is 1.05 bits per heavy atom. The van der Waals surface area contributed by atoms with Gasteiger partial charge in [0.2, 0.25) is 6.79 Å². The number of carbonyl (C=O) groups excluding carboxylic acids is 1. The van der Waals surface area contributed by atoms with Gasteiger partial charge in [0, 0.05) is 11.6 Å². The monoisotopic (exact) mass is 295 g/mol. The molecule has 110 valence electrons. The van der Waals surface area contributed by atoms with Crippen molar-refractivity contribution in [1.82, 2.24) is 0 Å². The summed E-state index contributed by atoms with van der Waals surface area (Å²) >= 11 is 0. The van der Waals surface area contributed by atoms with Gasteiger partial charge < -0.3 is 14.3 Å². The molecule has 0 amide bonds. The molecule has 2 aromatic carbocycles. The minimum atomic E-state index is -0.541. The number of fused-ring (bicyclic) bond motifs is 1. The highest BCUT2D eigenvalue weighted by molar-refractivity contribution is 5.88. The van der Waals surface area contributed by atoms with Crippen LogP contribution in [0.15, 0.2) is 59.8 Å². The van der Waals surface area contributed by atoms with Gasteiger partial charge in [0.05, 0.1) is 6.21 Å². The molecule has 0 aliphatic carbocycles. The highest BCUT2D eigenvalue weighted by Crippen LogP contribution is 2.31. The van der Waals surface area contributed by atoms with Crippen molar-refractivity contribution in [2.24, 2.45) is 5.16 Å². The predicted molar refractivity (Wildman–Crippen MR) is 81.7 cm³/mol. The van der Waals surface area contributed by atoms with E-state index in [1.807, 2.05) is 30.3 Å². The first-order valence-corrected chi connectivity index (χ1v) is 6.68. The van der Waals surface area contributed by atoms with Gasteiger partial charge in [0.1, 0.15) is 0 Å². The highest BCUT2D eigenvalue weighted by atomic mass is 16.7. The van der Waals surface area contributed by atoms with Crippen LogP contribution >= 0.6 is 0 Å². The Morgan fingerprint density at radius 2 is 1.86 bits per heavy atom. The lowest BCUT2D eigenvalue weighted by molar-refractivity contribution is -0.137. The van der Waals surface area contributed by atoms with E-state index >= 15 is 0 Å². The van der Waals surface area contributed by atoms with Gasteiger partial charge in [0.15, 0.2) is 11.5 Å². The maximum atomic E-state index is 11.5. The number of nitrogens with zero attached hydrogens (tertiary/aromatic N) is 1. The van der Waals surface area contributed by atoms with Crippen molar-refractivity contribution in [3.8, 4) is 11.5 Å². The zero-order valence-electron chi connectivity index (χ0n) is 11.6. The Bertz CT molecular complexity index is 723. The molecular weight excluding hydrogens is 282 g/mol. The first-order valence-electron chi connectivity index (χ1n) is 6.68. The Hall–Kier alpha value is -3.08. The minimum absolute atomic E-state index is 0.217. The van der Waals surface area contributed by atoms with Gasteiger partial charge >= 0.3 is 5.97 Å². The number of ether oxygens (including phenoxy) is 2. The van der Waals surface area contributed by atoms with Crippen LogP contribution < -0.4 is 9.47 Å². The van der Waals surface area contributed by atoms with Crippen molar-refractivity contribution in [2.45, 2.75) is 0 Å². The molecule has 0 spiro atoms. The molecule has 3 rings (SSSR count). The maximum Gasteiger partial charge on any atom is 0.358 e. The number of carbonyl (C=O) groups is 1. The molecule has 5 nitrogen and oxygen atoms in total. The molecule has 0 fully saturated rings. The minimum Gasteiger partial charge on any atom is -0.454 e. The van der Waals surface area contributed by atoms with Crippen molar-refractivity contribution in [3.05, 3.63) is 65.7 Å². The fourth-order valence-corrected chi connectivity index (χ4v) is 1.89. The van der Waals surface area contributed by atoms with Crippen LogP contribution in [-0.4, -0.2) is 19.0 Å². The van der Waals surface area contributed by atoms with Crippen LogP contribution in [0.1, 0.15) is 11.1 Å². The summed E-state index contributed by atoms with van der Waals surface area (Å²) in [6, 6.07) is 14.8. The van der Waals surface area contributed by atoms with E-state index < -0.39 is 5.97 Å². The van der Waals surface area contributed by atoms with Crippen molar-refractivity contribution < 1.29 is 19.1 Å². The van der Waals surface area contributed by atoms with Crippen LogP contribution in [0.2, 0.25) is 0 Å². The third kappa shape index (κ3) is 3.52. The van der Waals surface area contributed by atoms with Gasteiger partial charge in [-0.1, -0.05) is 35.5 Å². The smallest absolute Gasteiger partial charge is 0.358 e. The van der Waals surface area contributed by atoms with Gasteiger partial charge in [-0.05, 0) is 29.8 Å². The molecule has 5 heteroatoms. The average molecular weight is 295 g/mol. The Kier molecular flexibility index (Phi) is 4.15. The van der Waals surface area contributed by atoms with E-state index in [0.717, 1.165) is 11.1 Å². The van der Waals surface area contributed by atoms with E-state index in [0.29, 0.717) is 11.5 Å². The van der Waals surface area contributed by atoms with E-state index in [1.165, 1.54) is 12.3 Å². The second kappa shape index (κ2) is 6.58. The SMILES string of the molecule is O=C(/C=C/c1ccccc1)O/N=C/c1ccc2c(c1)OCO2. The molecular formula is C17H13NO4. The van der Waals surface area contributed by atoms with Crippen molar-refractivity contribution in [3.63, 3.8) is 0 Å². The van der Waals surface area contributed by atoms with E-state index in [9.17, 15) is 4.79 Å². The third-order valence-corrected chi connectivity index (χ3v) is 2.95.